The molecule has 110 valence electrons. The third-order valence-electron chi connectivity index (χ3n) is 3.26. The zero-order chi connectivity index (χ0) is 14.2. The van der Waals surface area contributed by atoms with Crippen LogP contribution in [0.5, 0.6) is 0 Å². The molecule has 1 fully saturated rings. The number of nitrogens with zero attached hydrogens (tertiary/aromatic N) is 2. The van der Waals surface area contributed by atoms with Crippen molar-refractivity contribution in [1.82, 2.24) is 15.3 Å². The molecule has 2 heterocycles. The maximum atomic E-state index is 12.1. The molecule has 20 heavy (non-hydrogen) atoms. The Labute approximate surface area is 119 Å². The maximum absolute atomic E-state index is 12.1. The van der Waals surface area contributed by atoms with Crippen molar-refractivity contribution in [3.8, 4) is 0 Å². The summed E-state index contributed by atoms with van der Waals surface area (Å²) in [5.74, 6) is 0.371. The van der Waals surface area contributed by atoms with Crippen LogP contribution in [0.15, 0.2) is 12.3 Å². The predicted molar refractivity (Wildman–Crippen MR) is 76.7 cm³/mol. The third kappa shape index (κ3) is 4.45. The zero-order valence-corrected chi connectivity index (χ0v) is 11.9. The number of anilines is 1. The molecule has 0 bridgehead atoms. The van der Waals surface area contributed by atoms with Gasteiger partial charge in [0.25, 0.3) is 5.91 Å². The number of rotatable bonds is 6. The topological polar surface area (TPSA) is 76.1 Å². The Morgan fingerprint density at radius 1 is 1.45 bits per heavy atom. The van der Waals surface area contributed by atoms with Crippen LogP contribution >= 0.6 is 0 Å². The van der Waals surface area contributed by atoms with Crippen LogP contribution in [0.25, 0.3) is 0 Å². The van der Waals surface area contributed by atoms with Gasteiger partial charge in [-0.1, -0.05) is 13.3 Å². The van der Waals surface area contributed by atoms with Crippen LogP contribution in [0.3, 0.4) is 0 Å². The summed E-state index contributed by atoms with van der Waals surface area (Å²) in [6, 6.07) is 1.82. The molecule has 1 aromatic rings. The lowest BCUT2D eigenvalue weighted by atomic mass is 10.1. The molecular weight excluding hydrogens is 256 g/mol. The molecule has 0 unspecified atom stereocenters. The quantitative estimate of drug-likeness (QED) is 0.773. The molecule has 1 aromatic heterocycles. The molecule has 0 aromatic carbocycles. The highest BCUT2D eigenvalue weighted by molar-refractivity contribution is 5.92. The smallest absolute Gasteiger partial charge is 0.270 e. The van der Waals surface area contributed by atoms with Crippen molar-refractivity contribution in [2.45, 2.75) is 38.6 Å². The number of nitrogens with one attached hydrogen (secondary N) is 2. The monoisotopic (exact) mass is 278 g/mol. The van der Waals surface area contributed by atoms with Crippen LogP contribution in [0, 0.1) is 0 Å². The van der Waals surface area contributed by atoms with Crippen LogP contribution in [0.1, 0.15) is 43.1 Å². The van der Waals surface area contributed by atoms with E-state index in [2.05, 4.69) is 27.5 Å². The fourth-order valence-corrected chi connectivity index (χ4v) is 2.05. The average Bonchev–Trinajstić information content (AvgIpc) is 2.49. The molecule has 6 nitrogen and oxygen atoms in total. The van der Waals surface area contributed by atoms with Gasteiger partial charge in [0.1, 0.15) is 5.69 Å². The van der Waals surface area contributed by atoms with E-state index in [1.807, 2.05) is 0 Å². The molecule has 0 radical (unpaired) electrons. The molecule has 6 heteroatoms. The van der Waals surface area contributed by atoms with Gasteiger partial charge >= 0.3 is 0 Å². The molecule has 2 rings (SSSR count). The Kier molecular flexibility index (Phi) is 5.73. The molecule has 1 aliphatic rings. The van der Waals surface area contributed by atoms with Crippen LogP contribution < -0.4 is 10.6 Å². The first-order chi connectivity index (χ1) is 9.79. The number of unbranched alkanes of at least 4 members (excludes halogenated alkanes) is 1. The molecule has 1 amide bonds. The Morgan fingerprint density at radius 3 is 3.00 bits per heavy atom. The largest absolute Gasteiger partial charge is 0.381 e. The summed E-state index contributed by atoms with van der Waals surface area (Å²) in [6.07, 6.45) is 5.50. The molecule has 0 atom stereocenters. The number of ether oxygens (including phenoxy) is 1. The minimum absolute atomic E-state index is 0.141. The number of amides is 1. The molecule has 2 N–H and O–H groups in total. The van der Waals surface area contributed by atoms with Gasteiger partial charge in [0, 0.05) is 32.0 Å². The second-order valence-corrected chi connectivity index (χ2v) is 4.91. The van der Waals surface area contributed by atoms with Crippen LogP contribution in [0.2, 0.25) is 0 Å². The van der Waals surface area contributed by atoms with Crippen LogP contribution in [0.4, 0.5) is 5.95 Å². The van der Waals surface area contributed by atoms with Crippen molar-refractivity contribution in [3.05, 3.63) is 18.0 Å². The molecule has 1 aliphatic heterocycles. The summed E-state index contributed by atoms with van der Waals surface area (Å²) in [5.41, 5.74) is 0.408. The fourth-order valence-electron chi connectivity index (χ4n) is 2.05. The first-order valence-corrected chi connectivity index (χ1v) is 7.25. The summed E-state index contributed by atoms with van der Waals surface area (Å²) in [7, 11) is 0. The molecule has 0 spiro atoms. The van der Waals surface area contributed by atoms with Gasteiger partial charge in [-0.2, -0.15) is 0 Å². The number of aromatic nitrogens is 2. The van der Waals surface area contributed by atoms with Gasteiger partial charge in [-0.25, -0.2) is 9.97 Å². The van der Waals surface area contributed by atoms with E-state index in [0.717, 1.165) is 32.2 Å². The second kappa shape index (κ2) is 7.79. The lowest BCUT2D eigenvalue weighted by molar-refractivity contribution is 0.0694. The van der Waals surface area contributed by atoms with E-state index < -0.39 is 0 Å². The average molecular weight is 278 g/mol. The van der Waals surface area contributed by atoms with Gasteiger partial charge in [0.15, 0.2) is 0 Å². The van der Waals surface area contributed by atoms with Crippen molar-refractivity contribution >= 4 is 11.9 Å². The summed E-state index contributed by atoms with van der Waals surface area (Å²) in [6.45, 7) is 4.36. The Balaban J connectivity index is 1.89. The summed E-state index contributed by atoms with van der Waals surface area (Å²) < 4.78 is 5.27. The number of hydrogen-bond donors (Lipinski definition) is 2. The van der Waals surface area contributed by atoms with E-state index in [9.17, 15) is 4.79 Å². The molecular formula is C14H22N4O2. The highest BCUT2D eigenvalue weighted by Gasteiger charge is 2.17. The van der Waals surface area contributed by atoms with Crippen molar-refractivity contribution in [3.63, 3.8) is 0 Å². The third-order valence-corrected chi connectivity index (χ3v) is 3.26. The summed E-state index contributed by atoms with van der Waals surface area (Å²) >= 11 is 0. The van der Waals surface area contributed by atoms with Gasteiger partial charge in [-0.05, 0) is 25.3 Å². The highest BCUT2D eigenvalue weighted by Crippen LogP contribution is 2.08. The van der Waals surface area contributed by atoms with E-state index in [-0.39, 0.29) is 11.9 Å². The summed E-state index contributed by atoms with van der Waals surface area (Å²) in [5, 5.41) is 6.11. The SMILES string of the molecule is CCCCNc1nccc(C(=O)NC2CCOCC2)n1. The van der Waals surface area contributed by atoms with Gasteiger partial charge in [-0.15, -0.1) is 0 Å². The van der Waals surface area contributed by atoms with Gasteiger partial charge in [-0.3, -0.25) is 4.79 Å². The number of carbonyl (C=O) groups is 1. The minimum atomic E-state index is -0.141. The minimum Gasteiger partial charge on any atom is -0.381 e. The predicted octanol–water partition coefficient (Wildman–Crippen LogP) is 1.60. The molecule has 1 saturated heterocycles. The Hall–Kier alpha value is -1.69. The first-order valence-electron chi connectivity index (χ1n) is 7.25. The van der Waals surface area contributed by atoms with Crippen molar-refractivity contribution < 1.29 is 9.53 Å². The van der Waals surface area contributed by atoms with Gasteiger partial charge in [0.05, 0.1) is 0 Å². The first kappa shape index (κ1) is 14.7. The number of carbonyl (C=O) groups excluding carboxylic acids is 1. The summed E-state index contributed by atoms with van der Waals surface area (Å²) in [4.78, 5) is 20.5. The second-order valence-electron chi connectivity index (χ2n) is 4.91. The standard InChI is InChI=1S/C14H22N4O2/c1-2-3-7-15-14-16-8-4-12(18-14)13(19)17-11-5-9-20-10-6-11/h4,8,11H,2-3,5-7,9-10H2,1H3,(H,17,19)(H,15,16,18). The van der Waals surface area contributed by atoms with Crippen LogP contribution in [-0.4, -0.2) is 41.7 Å². The maximum Gasteiger partial charge on any atom is 0.270 e. The molecule has 0 aliphatic carbocycles. The Morgan fingerprint density at radius 2 is 2.25 bits per heavy atom. The van der Waals surface area contributed by atoms with E-state index >= 15 is 0 Å². The molecule has 0 saturated carbocycles. The van der Waals surface area contributed by atoms with Crippen molar-refractivity contribution in [2.75, 3.05) is 25.1 Å². The van der Waals surface area contributed by atoms with E-state index in [1.54, 1.807) is 12.3 Å². The lowest BCUT2D eigenvalue weighted by Crippen LogP contribution is -2.39. The van der Waals surface area contributed by atoms with E-state index in [0.29, 0.717) is 24.9 Å². The van der Waals surface area contributed by atoms with Crippen LogP contribution in [-0.2, 0) is 4.74 Å². The van der Waals surface area contributed by atoms with Crippen molar-refractivity contribution in [1.29, 1.82) is 0 Å². The van der Waals surface area contributed by atoms with E-state index in [1.165, 1.54) is 0 Å². The van der Waals surface area contributed by atoms with Crippen molar-refractivity contribution in [2.24, 2.45) is 0 Å². The van der Waals surface area contributed by atoms with E-state index in [4.69, 9.17) is 4.74 Å². The highest BCUT2D eigenvalue weighted by atomic mass is 16.5. The zero-order valence-electron chi connectivity index (χ0n) is 11.9. The fraction of sp³-hybridized carbons (Fsp3) is 0.643. The lowest BCUT2D eigenvalue weighted by Gasteiger charge is -2.22. The number of hydrogen-bond acceptors (Lipinski definition) is 5. The normalized spacial score (nSPS) is 15.8. The van der Waals surface area contributed by atoms with Gasteiger partial charge in [0.2, 0.25) is 5.95 Å². The Bertz CT molecular complexity index is 433. The van der Waals surface area contributed by atoms with Gasteiger partial charge < -0.3 is 15.4 Å².